The number of esters is 1. The maximum absolute atomic E-state index is 12.9. The molecule has 0 radical (unpaired) electrons. The Kier molecular flexibility index (Phi) is 16.8. The van der Waals surface area contributed by atoms with Gasteiger partial charge in [0.05, 0.1) is 28.4 Å². The summed E-state index contributed by atoms with van der Waals surface area (Å²) in [6.45, 7) is 21.5. The van der Waals surface area contributed by atoms with Crippen LogP contribution >= 0.6 is 24.8 Å². The Bertz CT molecular complexity index is 3130. The van der Waals surface area contributed by atoms with Gasteiger partial charge >= 0.3 is 11.9 Å². The number of aryl methyl sites for hydroxylation is 4. The van der Waals surface area contributed by atoms with Crippen LogP contribution < -0.4 is 21.3 Å². The van der Waals surface area contributed by atoms with Crippen LogP contribution in [0.4, 0.5) is 11.4 Å². The average Bonchev–Trinajstić information content (AvgIpc) is 3.27. The molecule has 0 saturated carbocycles. The van der Waals surface area contributed by atoms with E-state index in [1.165, 1.54) is 0 Å². The molecule has 2 aliphatic carbocycles. The zero-order chi connectivity index (χ0) is 45.7. The fourth-order valence-electron chi connectivity index (χ4n) is 8.38. The first-order chi connectivity index (χ1) is 30.9. The molecular weight excluding hydrogens is 872 g/mol. The van der Waals surface area contributed by atoms with Crippen LogP contribution in [0.2, 0.25) is 0 Å². The number of rotatable bonds is 11. The Labute approximate surface area is 398 Å². The van der Waals surface area contributed by atoms with Crippen molar-refractivity contribution in [1.29, 1.82) is 0 Å². The molecule has 0 aromatic heterocycles. The number of nitrogens with one attached hydrogen (secondary N) is 2. The number of halogens is 2. The summed E-state index contributed by atoms with van der Waals surface area (Å²) in [5.74, 6) is 0.144. The molecule has 0 bridgehead atoms. The van der Waals surface area contributed by atoms with Crippen molar-refractivity contribution in [2.24, 2.45) is 9.98 Å². The molecule has 4 aliphatic rings. The molecule has 12 heteroatoms. The van der Waals surface area contributed by atoms with Gasteiger partial charge in [0.2, 0.25) is 0 Å². The van der Waals surface area contributed by atoms with Crippen molar-refractivity contribution < 1.29 is 28.3 Å². The normalized spacial score (nSPS) is 11.5. The van der Waals surface area contributed by atoms with E-state index in [1.54, 1.807) is 12.1 Å². The van der Waals surface area contributed by atoms with E-state index in [0.717, 1.165) is 107 Å². The number of fused-ring (bicyclic) bond motifs is 4. The van der Waals surface area contributed by atoms with Gasteiger partial charge < -0.3 is 29.3 Å². The van der Waals surface area contributed by atoms with E-state index in [2.05, 4.69) is 66.5 Å². The smallest absolute Gasteiger partial charge is 0.338 e. The number of hydrogen-bond donors (Lipinski definition) is 3. The number of carbonyl (C=O) groups is 2. The Morgan fingerprint density at radius 3 is 1.39 bits per heavy atom. The van der Waals surface area contributed by atoms with Crippen LogP contribution in [0.25, 0.3) is 66.8 Å². The SMILES string of the molecule is CC/N=c1/cc2oc3cc(NCC)c(C)cc3c(-c3ccccc3C(=O)OCC)c-2cc1C.CC/N=c1\cc2oc3cc(NCC)c(C)cc3c(-c3ccccc3C(=O)O)c-2cc1C.Cl.Cl. The summed E-state index contributed by atoms with van der Waals surface area (Å²) in [6.07, 6.45) is 0. The lowest BCUT2D eigenvalue weighted by atomic mass is 9.89. The number of carbonyl (C=O) groups excluding carboxylic acids is 1. The Morgan fingerprint density at radius 2 is 0.985 bits per heavy atom. The second-order valence-electron chi connectivity index (χ2n) is 15.7. The number of hydrogen-bond acceptors (Lipinski definition) is 9. The van der Waals surface area contributed by atoms with Gasteiger partial charge in [0.1, 0.15) is 22.7 Å². The first-order valence-corrected chi connectivity index (χ1v) is 22.0. The zero-order valence-electron chi connectivity index (χ0n) is 39.0. The summed E-state index contributed by atoms with van der Waals surface area (Å²) in [4.78, 5) is 34.1. The Morgan fingerprint density at radius 1 is 0.561 bits per heavy atom. The van der Waals surface area contributed by atoms with E-state index in [1.807, 2.05) is 101 Å². The summed E-state index contributed by atoms with van der Waals surface area (Å²) in [5.41, 5.74) is 13.7. The summed E-state index contributed by atoms with van der Waals surface area (Å²) in [5, 5.41) is 20.3. The third-order valence-corrected chi connectivity index (χ3v) is 11.3. The number of ether oxygens (including phenoxy) is 1. The highest BCUT2D eigenvalue weighted by molar-refractivity contribution is 6.10. The molecule has 4 aromatic rings. The fraction of sp³-hybridized carbons (Fsp3) is 0.259. The van der Waals surface area contributed by atoms with Crippen molar-refractivity contribution in [1.82, 2.24) is 0 Å². The number of carboxylic acids is 1. The molecule has 10 nitrogen and oxygen atoms in total. The van der Waals surface area contributed by atoms with Gasteiger partial charge in [-0.15, -0.1) is 24.8 Å². The highest BCUT2D eigenvalue weighted by atomic mass is 35.5. The molecule has 0 spiro atoms. The second-order valence-corrected chi connectivity index (χ2v) is 15.7. The van der Waals surface area contributed by atoms with Crippen LogP contribution in [0.1, 0.15) is 77.6 Å². The average molecular weight is 930 g/mol. The molecule has 2 aliphatic heterocycles. The van der Waals surface area contributed by atoms with Crippen molar-refractivity contribution >= 4 is 70.1 Å². The molecule has 4 aromatic carbocycles. The number of nitrogens with zero attached hydrogens (tertiary/aromatic N) is 2. The molecule has 2 heterocycles. The van der Waals surface area contributed by atoms with Crippen LogP contribution in [0, 0.1) is 27.7 Å². The molecule has 0 atom stereocenters. The molecule has 0 saturated heterocycles. The molecule has 0 unspecified atom stereocenters. The predicted molar refractivity (Wildman–Crippen MR) is 273 cm³/mol. The van der Waals surface area contributed by atoms with Gasteiger partial charge in [-0.05, 0) is 132 Å². The molecule has 8 rings (SSSR count). The Hall–Kier alpha value is -6.62. The van der Waals surface area contributed by atoms with Crippen molar-refractivity contribution in [2.45, 2.75) is 62.3 Å². The van der Waals surface area contributed by atoms with Gasteiger partial charge in [0.25, 0.3) is 0 Å². The van der Waals surface area contributed by atoms with Gasteiger partial charge in [0.15, 0.2) is 0 Å². The van der Waals surface area contributed by atoms with E-state index in [4.69, 9.17) is 13.6 Å². The topological polar surface area (TPSA) is 139 Å². The molecule has 3 N–H and O–H groups in total. The van der Waals surface area contributed by atoms with E-state index < -0.39 is 5.97 Å². The lowest BCUT2D eigenvalue weighted by Gasteiger charge is -2.19. The van der Waals surface area contributed by atoms with Crippen LogP contribution in [-0.4, -0.2) is 49.8 Å². The van der Waals surface area contributed by atoms with Crippen LogP contribution in [0.5, 0.6) is 0 Å². The second kappa shape index (κ2) is 22.0. The van der Waals surface area contributed by atoms with Crippen molar-refractivity contribution in [3.05, 3.63) is 141 Å². The number of aromatic carboxylic acids is 1. The van der Waals surface area contributed by atoms with Gasteiger partial charge in [-0.1, -0.05) is 36.4 Å². The van der Waals surface area contributed by atoms with Crippen molar-refractivity contribution in [3.63, 3.8) is 0 Å². The van der Waals surface area contributed by atoms with Gasteiger partial charge in [-0.3, -0.25) is 9.98 Å². The molecule has 0 amide bonds. The van der Waals surface area contributed by atoms with Crippen LogP contribution in [0.3, 0.4) is 0 Å². The monoisotopic (exact) mass is 928 g/mol. The third kappa shape index (κ3) is 10.1. The summed E-state index contributed by atoms with van der Waals surface area (Å²) >= 11 is 0. The number of anilines is 2. The lowest BCUT2D eigenvalue weighted by molar-refractivity contribution is 0.0526. The Balaban J connectivity index is 0.000000241. The minimum absolute atomic E-state index is 0. The highest BCUT2D eigenvalue weighted by Crippen LogP contribution is 2.44. The summed E-state index contributed by atoms with van der Waals surface area (Å²) in [7, 11) is 0. The van der Waals surface area contributed by atoms with Crippen molar-refractivity contribution in [3.8, 4) is 44.9 Å². The molecular formula is C54H58Cl2N4O6. The van der Waals surface area contributed by atoms with E-state index in [9.17, 15) is 14.7 Å². The predicted octanol–water partition coefficient (Wildman–Crippen LogP) is 13.1. The molecule has 66 heavy (non-hydrogen) atoms. The quantitative estimate of drug-likeness (QED) is 0.0861. The zero-order valence-corrected chi connectivity index (χ0v) is 40.6. The first-order valence-electron chi connectivity index (χ1n) is 22.0. The maximum Gasteiger partial charge on any atom is 0.338 e. The fourth-order valence-corrected chi connectivity index (χ4v) is 8.38. The summed E-state index contributed by atoms with van der Waals surface area (Å²) in [6, 6.07) is 31.1. The van der Waals surface area contributed by atoms with Gasteiger partial charge in [-0.2, -0.15) is 0 Å². The van der Waals surface area contributed by atoms with Gasteiger partial charge in [-0.25, -0.2) is 9.59 Å². The van der Waals surface area contributed by atoms with Crippen LogP contribution in [0.15, 0.2) is 116 Å². The number of benzene rings is 6. The van der Waals surface area contributed by atoms with Crippen LogP contribution in [-0.2, 0) is 4.74 Å². The van der Waals surface area contributed by atoms with E-state index in [-0.39, 0.29) is 36.3 Å². The minimum atomic E-state index is -0.951. The lowest BCUT2D eigenvalue weighted by Crippen LogP contribution is -2.10. The van der Waals surface area contributed by atoms with E-state index >= 15 is 0 Å². The number of carboxylic acid groups (broad SMARTS) is 1. The molecule has 0 fully saturated rings. The van der Waals surface area contributed by atoms with Crippen molar-refractivity contribution in [2.75, 3.05) is 43.4 Å². The largest absolute Gasteiger partial charge is 0.478 e. The third-order valence-electron chi connectivity index (χ3n) is 11.3. The van der Waals surface area contributed by atoms with E-state index in [0.29, 0.717) is 42.2 Å². The molecule has 344 valence electrons. The maximum atomic E-state index is 12.9. The summed E-state index contributed by atoms with van der Waals surface area (Å²) < 4.78 is 18.1. The first kappa shape index (κ1) is 50.4. The highest BCUT2D eigenvalue weighted by Gasteiger charge is 2.25. The standard InChI is InChI=1S/C28H30N2O3.C26H26N2O3.2ClH/c1-6-29-23-15-25-21(13-17(23)4)27(19-11-9-10-12-20(19)28(31)32-8-3)22-14-18(5)24(30-7-2)16-26(22)33-25;1-5-27-21-13-23-19(11-15(21)3)25(17-9-7-8-10-18(17)26(29)30)20-12-16(4)22(28-6-2)14-24(20)31-23;;/h9-16,29H,6-8H2,1-5H3;7-14,27H,5-6H2,1-4H3,(H,29,30);2*1H/b30-24-;28-22+;;. The van der Waals surface area contributed by atoms with Gasteiger partial charge in [0, 0.05) is 94.8 Å². The minimum Gasteiger partial charge on any atom is -0.478 e.